The third-order valence-corrected chi connectivity index (χ3v) is 4.91. The summed E-state index contributed by atoms with van der Waals surface area (Å²) >= 11 is 1.97. The molecule has 2 nitrogen and oxygen atoms in total. The minimum Gasteiger partial charge on any atom is -0.310 e. The van der Waals surface area contributed by atoms with Crippen LogP contribution in [-0.4, -0.2) is 17.3 Å². The Labute approximate surface area is 118 Å². The molecule has 2 heterocycles. The minimum absolute atomic E-state index is 0.353. The number of aromatic nitrogens is 1. The van der Waals surface area contributed by atoms with Crippen molar-refractivity contribution in [2.75, 3.05) is 12.3 Å². The topological polar surface area (TPSA) is 24.9 Å². The Balaban J connectivity index is 1.62. The van der Waals surface area contributed by atoms with E-state index < -0.39 is 0 Å². The smallest absolute Gasteiger partial charge is 0.0315 e. The highest BCUT2D eigenvalue weighted by Crippen LogP contribution is 2.38. The molecule has 1 N–H and O–H groups in total. The van der Waals surface area contributed by atoms with E-state index in [1.807, 2.05) is 30.2 Å². The lowest BCUT2D eigenvalue weighted by atomic mass is 10.0. The van der Waals surface area contributed by atoms with E-state index in [4.69, 9.17) is 0 Å². The van der Waals surface area contributed by atoms with Gasteiger partial charge in [-0.05, 0) is 30.2 Å². The molecule has 1 aromatic heterocycles. The number of benzene rings is 1. The van der Waals surface area contributed by atoms with Gasteiger partial charge in [0, 0.05) is 41.5 Å². The first-order valence-electron chi connectivity index (χ1n) is 6.69. The van der Waals surface area contributed by atoms with Crippen molar-refractivity contribution < 1.29 is 0 Å². The Morgan fingerprint density at radius 2 is 2.21 bits per heavy atom. The number of nitrogens with one attached hydrogen (secondary N) is 1. The molecule has 19 heavy (non-hydrogen) atoms. The van der Waals surface area contributed by atoms with Gasteiger partial charge in [-0.1, -0.05) is 24.3 Å². The molecule has 1 aromatic carbocycles. The van der Waals surface area contributed by atoms with E-state index in [1.54, 1.807) is 0 Å². The zero-order valence-electron chi connectivity index (χ0n) is 11.0. The van der Waals surface area contributed by atoms with E-state index in [0.717, 1.165) is 6.54 Å². The Morgan fingerprint density at radius 3 is 3.05 bits per heavy atom. The summed E-state index contributed by atoms with van der Waals surface area (Å²) in [5.41, 5.74) is 2.75. The third kappa shape index (κ3) is 2.82. The maximum Gasteiger partial charge on any atom is 0.0315 e. The largest absolute Gasteiger partial charge is 0.310 e. The van der Waals surface area contributed by atoms with Crippen LogP contribution in [0.1, 0.15) is 30.0 Å². The van der Waals surface area contributed by atoms with Crippen molar-refractivity contribution >= 4 is 11.8 Å². The molecule has 2 aromatic rings. The standard InChI is InChI=1S/C16H18N2S/c1-12(13-5-4-8-17-9-13)18-10-14-11-19-16-7-3-2-6-15(14)16/h2-9,12,14,18H,10-11H2,1H3/t12-,14?/m0/s1. The number of rotatable bonds is 4. The SMILES string of the molecule is C[C@H](NCC1CSc2ccccc21)c1cccnc1. The molecular formula is C16H18N2S. The van der Waals surface area contributed by atoms with Gasteiger partial charge in [0.25, 0.3) is 0 Å². The molecule has 0 bridgehead atoms. The fraction of sp³-hybridized carbons (Fsp3) is 0.312. The maximum absolute atomic E-state index is 4.18. The van der Waals surface area contributed by atoms with Gasteiger partial charge in [0.05, 0.1) is 0 Å². The lowest BCUT2D eigenvalue weighted by molar-refractivity contribution is 0.540. The Bertz CT molecular complexity index is 541. The Morgan fingerprint density at radius 1 is 1.32 bits per heavy atom. The zero-order valence-corrected chi connectivity index (χ0v) is 11.9. The quantitative estimate of drug-likeness (QED) is 0.918. The molecule has 0 aliphatic carbocycles. The van der Waals surface area contributed by atoms with Crippen molar-refractivity contribution in [2.24, 2.45) is 0 Å². The number of pyridine rings is 1. The van der Waals surface area contributed by atoms with Crippen LogP contribution in [0.15, 0.2) is 53.7 Å². The fourth-order valence-corrected chi connectivity index (χ4v) is 3.72. The van der Waals surface area contributed by atoms with Crippen LogP contribution in [0.4, 0.5) is 0 Å². The van der Waals surface area contributed by atoms with Crippen molar-refractivity contribution in [1.29, 1.82) is 0 Å². The van der Waals surface area contributed by atoms with Gasteiger partial charge in [-0.3, -0.25) is 4.98 Å². The van der Waals surface area contributed by atoms with Gasteiger partial charge in [-0.25, -0.2) is 0 Å². The molecule has 2 atom stereocenters. The fourth-order valence-electron chi connectivity index (χ4n) is 2.47. The average Bonchev–Trinajstić information content (AvgIpc) is 2.89. The predicted octanol–water partition coefficient (Wildman–Crippen LogP) is 3.62. The predicted molar refractivity (Wildman–Crippen MR) is 80.6 cm³/mol. The van der Waals surface area contributed by atoms with Crippen molar-refractivity contribution in [3.05, 3.63) is 59.9 Å². The first-order valence-corrected chi connectivity index (χ1v) is 7.68. The summed E-state index contributed by atoms with van der Waals surface area (Å²) in [6, 6.07) is 13.2. The molecule has 0 fully saturated rings. The normalized spacial score (nSPS) is 19.1. The summed E-state index contributed by atoms with van der Waals surface area (Å²) < 4.78 is 0. The monoisotopic (exact) mass is 270 g/mol. The van der Waals surface area contributed by atoms with Crippen LogP contribution in [0, 0.1) is 0 Å². The number of thioether (sulfide) groups is 1. The molecule has 3 rings (SSSR count). The van der Waals surface area contributed by atoms with E-state index >= 15 is 0 Å². The summed E-state index contributed by atoms with van der Waals surface area (Å²) in [4.78, 5) is 5.62. The van der Waals surface area contributed by atoms with Crippen LogP contribution < -0.4 is 5.32 Å². The molecule has 98 valence electrons. The van der Waals surface area contributed by atoms with E-state index in [0.29, 0.717) is 12.0 Å². The van der Waals surface area contributed by atoms with Crippen LogP contribution in [0.25, 0.3) is 0 Å². The van der Waals surface area contributed by atoms with Crippen molar-refractivity contribution in [2.45, 2.75) is 23.8 Å². The molecule has 1 aliphatic rings. The lowest BCUT2D eigenvalue weighted by Crippen LogP contribution is -2.24. The number of hydrogen-bond acceptors (Lipinski definition) is 3. The number of fused-ring (bicyclic) bond motifs is 1. The number of hydrogen-bond donors (Lipinski definition) is 1. The molecule has 1 unspecified atom stereocenters. The van der Waals surface area contributed by atoms with E-state index in [2.05, 4.69) is 47.6 Å². The molecule has 0 saturated heterocycles. The van der Waals surface area contributed by atoms with Gasteiger partial charge >= 0.3 is 0 Å². The van der Waals surface area contributed by atoms with Crippen molar-refractivity contribution in [3.8, 4) is 0 Å². The van der Waals surface area contributed by atoms with Crippen LogP contribution in [0.2, 0.25) is 0 Å². The molecule has 1 aliphatic heterocycles. The summed E-state index contributed by atoms with van der Waals surface area (Å²) in [6.45, 7) is 3.23. The highest BCUT2D eigenvalue weighted by atomic mass is 32.2. The van der Waals surface area contributed by atoms with E-state index in [-0.39, 0.29) is 0 Å². The second-order valence-electron chi connectivity index (χ2n) is 4.96. The minimum atomic E-state index is 0.353. The third-order valence-electron chi connectivity index (χ3n) is 3.65. The van der Waals surface area contributed by atoms with Gasteiger partial charge in [0.15, 0.2) is 0 Å². The second kappa shape index (κ2) is 5.76. The molecule has 0 amide bonds. The first-order chi connectivity index (χ1) is 9.34. The summed E-state index contributed by atoms with van der Waals surface area (Å²) in [6.07, 6.45) is 3.76. The number of nitrogens with zero attached hydrogens (tertiary/aromatic N) is 1. The van der Waals surface area contributed by atoms with Crippen LogP contribution in [0.5, 0.6) is 0 Å². The summed E-state index contributed by atoms with van der Waals surface area (Å²) in [5, 5.41) is 3.63. The average molecular weight is 270 g/mol. The van der Waals surface area contributed by atoms with Crippen molar-refractivity contribution in [3.63, 3.8) is 0 Å². The van der Waals surface area contributed by atoms with E-state index in [9.17, 15) is 0 Å². The zero-order chi connectivity index (χ0) is 13.1. The molecule has 0 spiro atoms. The van der Waals surface area contributed by atoms with Crippen LogP contribution in [-0.2, 0) is 0 Å². The van der Waals surface area contributed by atoms with Gasteiger partial charge in [-0.2, -0.15) is 0 Å². The molecule has 0 radical (unpaired) electrons. The Kier molecular flexibility index (Phi) is 3.85. The van der Waals surface area contributed by atoms with Crippen LogP contribution >= 0.6 is 11.8 Å². The molecule has 3 heteroatoms. The molecule has 0 saturated carbocycles. The van der Waals surface area contributed by atoms with Gasteiger partial charge in [-0.15, -0.1) is 11.8 Å². The lowest BCUT2D eigenvalue weighted by Gasteiger charge is -2.17. The van der Waals surface area contributed by atoms with Gasteiger partial charge < -0.3 is 5.32 Å². The van der Waals surface area contributed by atoms with Crippen molar-refractivity contribution in [1.82, 2.24) is 10.3 Å². The van der Waals surface area contributed by atoms with E-state index in [1.165, 1.54) is 21.8 Å². The maximum atomic E-state index is 4.18. The summed E-state index contributed by atoms with van der Waals surface area (Å²) in [5.74, 6) is 1.81. The second-order valence-corrected chi connectivity index (χ2v) is 6.02. The van der Waals surface area contributed by atoms with Gasteiger partial charge in [0.2, 0.25) is 0 Å². The highest BCUT2D eigenvalue weighted by Gasteiger charge is 2.22. The van der Waals surface area contributed by atoms with Crippen LogP contribution in [0.3, 0.4) is 0 Å². The Hall–Kier alpha value is -1.32. The summed E-state index contributed by atoms with van der Waals surface area (Å²) in [7, 11) is 0. The highest BCUT2D eigenvalue weighted by molar-refractivity contribution is 7.99. The first kappa shape index (κ1) is 12.7. The van der Waals surface area contributed by atoms with Gasteiger partial charge in [0.1, 0.15) is 0 Å². The molecular weight excluding hydrogens is 252 g/mol.